The van der Waals surface area contributed by atoms with Crippen molar-refractivity contribution < 1.29 is 4.39 Å². The quantitative estimate of drug-likeness (QED) is 0.642. The minimum atomic E-state index is -0.235. The normalized spacial score (nSPS) is 9.59. The number of hydrogen-bond acceptors (Lipinski definition) is 3. The summed E-state index contributed by atoms with van der Waals surface area (Å²) in [5.74, 6) is -0.235. The Kier molecular flexibility index (Phi) is 6.96. The maximum absolute atomic E-state index is 12.9. The molecule has 118 valence electrons. The fourth-order valence-corrected chi connectivity index (χ4v) is 1.99. The Morgan fingerprint density at radius 1 is 1.05 bits per heavy atom. The lowest BCUT2D eigenvalue weighted by Crippen LogP contribution is -2.22. The lowest BCUT2D eigenvalue weighted by Gasteiger charge is -2.24. The molecule has 0 unspecified atom stereocenters. The van der Waals surface area contributed by atoms with E-state index in [4.69, 9.17) is 11.5 Å². The molecule has 2 aromatic carbocycles. The molecule has 2 rings (SSSR count). The molecule has 4 N–H and O–H groups in total. The van der Waals surface area contributed by atoms with Crippen LogP contribution in [0.2, 0.25) is 0 Å². The van der Waals surface area contributed by atoms with Crippen LogP contribution in [0.25, 0.3) is 0 Å². The van der Waals surface area contributed by atoms with E-state index in [-0.39, 0.29) is 5.82 Å². The van der Waals surface area contributed by atoms with E-state index in [1.54, 1.807) is 18.2 Å². The van der Waals surface area contributed by atoms with Crippen LogP contribution in [0, 0.1) is 5.82 Å². The fourth-order valence-electron chi connectivity index (χ4n) is 1.99. The Morgan fingerprint density at radius 2 is 1.68 bits per heavy atom. The molecule has 22 heavy (non-hydrogen) atoms. The van der Waals surface area contributed by atoms with Gasteiger partial charge in [0, 0.05) is 18.8 Å². The van der Waals surface area contributed by atoms with Gasteiger partial charge in [0.25, 0.3) is 0 Å². The molecular weight excluding hydrogens is 277 g/mol. The summed E-state index contributed by atoms with van der Waals surface area (Å²) in [5.41, 5.74) is 14.7. The van der Waals surface area contributed by atoms with Crippen molar-refractivity contribution in [2.45, 2.75) is 20.4 Å². The topological polar surface area (TPSA) is 55.3 Å². The number of rotatable bonds is 5. The number of halogens is 1. The summed E-state index contributed by atoms with van der Waals surface area (Å²) in [4.78, 5) is 2.09. The van der Waals surface area contributed by atoms with Gasteiger partial charge < -0.3 is 16.4 Å². The van der Waals surface area contributed by atoms with Crippen LogP contribution in [0.5, 0.6) is 0 Å². The van der Waals surface area contributed by atoms with Gasteiger partial charge in [-0.05, 0) is 35.9 Å². The van der Waals surface area contributed by atoms with Crippen molar-refractivity contribution in [2.24, 2.45) is 0 Å². The van der Waals surface area contributed by atoms with Gasteiger partial charge in [-0.25, -0.2) is 4.39 Å². The van der Waals surface area contributed by atoms with E-state index >= 15 is 0 Å². The second kappa shape index (κ2) is 8.72. The first-order valence-electron chi connectivity index (χ1n) is 7.35. The number of anilines is 3. The second-order valence-electron chi connectivity index (χ2n) is 4.61. The highest BCUT2D eigenvalue weighted by Crippen LogP contribution is 2.24. The predicted molar refractivity (Wildman–Crippen MR) is 94.3 cm³/mol. The van der Waals surface area contributed by atoms with Crippen molar-refractivity contribution in [3.8, 4) is 0 Å². The highest BCUT2D eigenvalue weighted by atomic mass is 19.1. The van der Waals surface area contributed by atoms with E-state index in [1.165, 1.54) is 12.1 Å². The highest BCUT2D eigenvalue weighted by Gasteiger charge is 2.07. The average molecular weight is 301 g/mol. The van der Waals surface area contributed by atoms with Crippen LogP contribution in [-0.2, 0) is 6.54 Å². The molecule has 0 aliphatic heterocycles. The van der Waals surface area contributed by atoms with Crippen molar-refractivity contribution in [3.63, 3.8) is 0 Å². The Balaban J connectivity index is 0.00000116. The zero-order valence-electron chi connectivity index (χ0n) is 13.2. The molecule has 0 saturated heterocycles. The third kappa shape index (κ3) is 4.81. The summed E-state index contributed by atoms with van der Waals surface area (Å²) in [6.45, 7) is 9.08. The molecule has 0 spiro atoms. The molecule has 3 nitrogen and oxygen atoms in total. The van der Waals surface area contributed by atoms with Gasteiger partial charge >= 0.3 is 0 Å². The Bertz CT molecular complexity index is 594. The van der Waals surface area contributed by atoms with Gasteiger partial charge in [-0.15, -0.1) is 6.58 Å². The van der Waals surface area contributed by atoms with Crippen molar-refractivity contribution >= 4 is 17.1 Å². The van der Waals surface area contributed by atoms with Crippen molar-refractivity contribution in [3.05, 3.63) is 66.5 Å². The lowest BCUT2D eigenvalue weighted by atomic mass is 10.1. The molecule has 2 aromatic rings. The van der Waals surface area contributed by atoms with Gasteiger partial charge in [-0.3, -0.25) is 0 Å². The van der Waals surface area contributed by atoms with Gasteiger partial charge in [0.1, 0.15) is 5.82 Å². The number of nitrogen functional groups attached to an aromatic ring is 2. The zero-order chi connectivity index (χ0) is 16.5. The number of nitrogens with two attached hydrogens (primary N) is 2. The monoisotopic (exact) mass is 301 g/mol. The average Bonchev–Trinajstić information content (AvgIpc) is 2.54. The molecule has 0 radical (unpaired) electrons. The van der Waals surface area contributed by atoms with Crippen LogP contribution in [0.3, 0.4) is 0 Å². The van der Waals surface area contributed by atoms with Gasteiger partial charge in [0.15, 0.2) is 0 Å². The molecule has 0 fully saturated rings. The largest absolute Gasteiger partial charge is 0.397 e. The summed E-state index contributed by atoms with van der Waals surface area (Å²) in [7, 11) is 0. The van der Waals surface area contributed by atoms with Crippen LogP contribution in [-0.4, -0.2) is 6.54 Å². The smallest absolute Gasteiger partial charge is 0.123 e. The first-order valence-corrected chi connectivity index (χ1v) is 7.35. The molecule has 0 aromatic heterocycles. The lowest BCUT2D eigenvalue weighted by molar-refractivity contribution is 0.626. The van der Waals surface area contributed by atoms with Crippen LogP contribution in [0.1, 0.15) is 19.4 Å². The van der Waals surface area contributed by atoms with Gasteiger partial charge in [-0.1, -0.05) is 32.1 Å². The molecule has 0 aliphatic rings. The van der Waals surface area contributed by atoms with Crippen molar-refractivity contribution in [1.29, 1.82) is 0 Å². The SMILES string of the molecule is C=CCN(Cc1ccc(F)cc1)c1ccc(N)c(N)c1.CC. The standard InChI is InChI=1S/C16H18FN3.C2H6/c1-2-9-20(11-12-3-5-13(17)6-4-12)14-7-8-15(18)16(19)10-14;1-2/h2-8,10H,1,9,11,18-19H2;1-2H3. The van der Waals surface area contributed by atoms with Crippen LogP contribution in [0.4, 0.5) is 21.5 Å². The van der Waals surface area contributed by atoms with Crippen LogP contribution < -0.4 is 16.4 Å². The van der Waals surface area contributed by atoms with Crippen LogP contribution in [0.15, 0.2) is 55.1 Å². The summed E-state index contributed by atoms with van der Waals surface area (Å²) in [6.07, 6.45) is 1.82. The van der Waals surface area contributed by atoms with E-state index in [2.05, 4.69) is 11.5 Å². The summed E-state index contributed by atoms with van der Waals surface area (Å²) < 4.78 is 12.9. The van der Waals surface area contributed by atoms with Gasteiger partial charge in [-0.2, -0.15) is 0 Å². The summed E-state index contributed by atoms with van der Waals surface area (Å²) in [6, 6.07) is 12.0. The molecule has 0 saturated carbocycles. The van der Waals surface area contributed by atoms with E-state index in [0.717, 1.165) is 11.3 Å². The van der Waals surface area contributed by atoms with Crippen LogP contribution >= 0.6 is 0 Å². The summed E-state index contributed by atoms with van der Waals surface area (Å²) >= 11 is 0. The van der Waals surface area contributed by atoms with Gasteiger partial charge in [0.05, 0.1) is 11.4 Å². The molecule has 0 amide bonds. The van der Waals surface area contributed by atoms with Crippen molar-refractivity contribution in [2.75, 3.05) is 22.9 Å². The van der Waals surface area contributed by atoms with E-state index in [9.17, 15) is 4.39 Å². The maximum Gasteiger partial charge on any atom is 0.123 e. The first-order chi connectivity index (χ1) is 10.6. The Hall–Kier alpha value is -2.49. The zero-order valence-corrected chi connectivity index (χ0v) is 13.2. The Labute approximate surface area is 132 Å². The van der Waals surface area contributed by atoms with E-state index in [0.29, 0.717) is 24.5 Å². The van der Waals surface area contributed by atoms with E-state index in [1.807, 2.05) is 32.1 Å². The molecule has 4 heteroatoms. The van der Waals surface area contributed by atoms with Crippen molar-refractivity contribution in [1.82, 2.24) is 0 Å². The molecular formula is C18H24FN3. The molecule has 0 aliphatic carbocycles. The first kappa shape index (κ1) is 17.6. The second-order valence-corrected chi connectivity index (χ2v) is 4.61. The maximum atomic E-state index is 12.9. The Morgan fingerprint density at radius 3 is 2.23 bits per heavy atom. The minimum Gasteiger partial charge on any atom is -0.397 e. The third-order valence-corrected chi connectivity index (χ3v) is 3.07. The minimum absolute atomic E-state index is 0.235. The predicted octanol–water partition coefficient (Wildman–Crippen LogP) is 4.21. The van der Waals surface area contributed by atoms with Gasteiger partial charge in [0.2, 0.25) is 0 Å². The molecule has 0 atom stereocenters. The molecule has 0 heterocycles. The number of nitrogens with zero attached hydrogens (tertiary/aromatic N) is 1. The van der Waals surface area contributed by atoms with E-state index < -0.39 is 0 Å². The fraction of sp³-hybridized carbons (Fsp3) is 0.222. The number of benzene rings is 2. The highest BCUT2D eigenvalue weighted by molar-refractivity contribution is 5.70. The third-order valence-electron chi connectivity index (χ3n) is 3.07. The number of hydrogen-bond donors (Lipinski definition) is 2. The summed E-state index contributed by atoms with van der Waals surface area (Å²) in [5, 5.41) is 0. The molecule has 0 bridgehead atoms.